The fourth-order valence-corrected chi connectivity index (χ4v) is 4.47. The lowest BCUT2D eigenvalue weighted by Crippen LogP contribution is -2.47. The van der Waals surface area contributed by atoms with Crippen LogP contribution in [-0.2, 0) is 38.4 Å². The van der Waals surface area contributed by atoms with E-state index in [0.29, 0.717) is 26.2 Å². The zero-order chi connectivity index (χ0) is 41.3. The maximum Gasteiger partial charge on any atom is 0.239 e. The van der Waals surface area contributed by atoms with Crippen LogP contribution in [0.4, 0.5) is 0 Å². The number of nitrogens with one attached hydrogen (secondary N) is 5. The molecule has 20 heteroatoms. The number of carbonyl (C=O) groups excluding carboxylic acids is 8. The Kier molecular flexibility index (Phi) is 32.5. The van der Waals surface area contributed by atoms with Crippen molar-refractivity contribution in [3.8, 4) is 0 Å². The first-order valence-corrected chi connectivity index (χ1v) is 18.7. The van der Waals surface area contributed by atoms with Crippen molar-refractivity contribution >= 4 is 69.9 Å². The molecule has 5 radical (unpaired) electrons. The van der Waals surface area contributed by atoms with E-state index in [1.165, 1.54) is 46.5 Å². The Bertz CT molecular complexity index is 1150. The predicted octanol–water partition coefficient (Wildman–Crippen LogP) is -2.53. The van der Waals surface area contributed by atoms with Gasteiger partial charge in [0.15, 0.2) is 0 Å². The summed E-state index contributed by atoms with van der Waals surface area (Å²) in [5.41, 5.74) is 0. The molecular weight excluding hydrogens is 695 g/mol. The third-order valence-corrected chi connectivity index (χ3v) is 7.62. The molecule has 0 bridgehead atoms. The zero-order valence-corrected chi connectivity index (χ0v) is 33.4. The van der Waals surface area contributed by atoms with Gasteiger partial charge in [0.2, 0.25) is 41.4 Å². The number of unbranched alkanes of at least 4 members (excludes halogenated alkanes) is 1. The van der Waals surface area contributed by atoms with Gasteiger partial charge in [-0.05, 0) is 26.6 Å². The lowest BCUT2D eigenvalue weighted by atomic mass is 9.53. The predicted molar refractivity (Wildman–Crippen MR) is 211 cm³/mol. The molecular formula is C34H63B3N9O8. The first kappa shape index (κ1) is 52.2. The van der Waals surface area contributed by atoms with Gasteiger partial charge in [-0.2, -0.15) is 0 Å². The van der Waals surface area contributed by atoms with Crippen LogP contribution in [0.15, 0.2) is 0 Å². The van der Waals surface area contributed by atoms with Gasteiger partial charge < -0.3 is 46.2 Å². The van der Waals surface area contributed by atoms with E-state index < -0.39 is 23.6 Å². The number of ketones is 1. The van der Waals surface area contributed by atoms with Crippen molar-refractivity contribution < 1.29 is 38.4 Å². The number of Topliss-reactive ketones (excluding diaryl/α,β-unsaturated/α-hetero) is 1. The highest BCUT2D eigenvalue weighted by Crippen LogP contribution is 1.98. The Hall–Kier alpha value is -3.93. The number of nitrogens with zero attached hydrogens (tertiary/aromatic N) is 4. The Morgan fingerprint density at radius 1 is 0.537 bits per heavy atom. The maximum absolute atomic E-state index is 12.6. The summed E-state index contributed by atoms with van der Waals surface area (Å²) in [5.74, 6) is -2.63. The van der Waals surface area contributed by atoms with Crippen LogP contribution >= 0.6 is 0 Å². The molecule has 0 aliphatic rings. The van der Waals surface area contributed by atoms with Gasteiger partial charge in [-0.25, -0.2) is 0 Å². The zero-order valence-electron chi connectivity index (χ0n) is 33.4. The van der Waals surface area contributed by atoms with Crippen molar-refractivity contribution in [1.29, 1.82) is 0 Å². The molecule has 0 aliphatic heterocycles. The monoisotopic (exact) mass is 759 g/mol. The van der Waals surface area contributed by atoms with E-state index >= 15 is 0 Å². The van der Waals surface area contributed by atoms with Gasteiger partial charge in [0.25, 0.3) is 0 Å². The maximum atomic E-state index is 12.6. The van der Waals surface area contributed by atoms with Crippen LogP contribution in [0.1, 0.15) is 60.3 Å². The average molecular weight is 758 g/mol. The summed E-state index contributed by atoms with van der Waals surface area (Å²) in [6.45, 7) is 10.8. The van der Waals surface area contributed by atoms with Gasteiger partial charge >= 0.3 is 0 Å². The van der Waals surface area contributed by atoms with Crippen LogP contribution in [0.5, 0.6) is 0 Å². The molecule has 0 saturated heterocycles. The van der Waals surface area contributed by atoms with Crippen molar-refractivity contribution in [2.45, 2.75) is 72.9 Å². The highest BCUT2D eigenvalue weighted by molar-refractivity contribution is 6.90. The van der Waals surface area contributed by atoms with Crippen molar-refractivity contribution in [1.82, 2.24) is 46.2 Å². The van der Waals surface area contributed by atoms with E-state index in [-0.39, 0.29) is 114 Å². The summed E-state index contributed by atoms with van der Waals surface area (Å²) < 4.78 is 0. The Labute approximate surface area is 325 Å². The number of likely N-dealkylation sites (N-methyl/N-ethyl adjacent to an activating group) is 1. The minimum absolute atomic E-state index is 0.0316. The molecule has 0 saturated carbocycles. The molecule has 5 N–H and O–H groups in total. The third kappa shape index (κ3) is 26.8. The molecule has 0 spiro atoms. The van der Waals surface area contributed by atoms with Gasteiger partial charge in [0, 0.05) is 86.0 Å². The normalized spacial score (nSPS) is 10.2. The lowest BCUT2D eigenvalue weighted by molar-refractivity contribution is -0.136. The number of hydrogen-bond donors (Lipinski definition) is 5. The first-order valence-electron chi connectivity index (χ1n) is 18.7. The Morgan fingerprint density at radius 2 is 0.944 bits per heavy atom. The smallest absolute Gasteiger partial charge is 0.239 e. The molecule has 0 aliphatic carbocycles. The van der Waals surface area contributed by atoms with E-state index in [1.807, 2.05) is 0 Å². The van der Waals surface area contributed by atoms with E-state index in [2.05, 4.69) is 40.4 Å². The summed E-state index contributed by atoms with van der Waals surface area (Å²) in [6, 6.07) is 0. The minimum Gasteiger partial charge on any atom is -0.353 e. The van der Waals surface area contributed by atoms with Crippen molar-refractivity contribution in [2.24, 2.45) is 0 Å². The van der Waals surface area contributed by atoms with Gasteiger partial charge in [-0.1, -0.05) is 40.5 Å². The highest BCUT2D eigenvalue weighted by atomic mass is 16.2. The molecule has 0 aromatic carbocycles. The van der Waals surface area contributed by atoms with Crippen molar-refractivity contribution in [3.63, 3.8) is 0 Å². The molecule has 0 atom stereocenters. The second-order valence-corrected chi connectivity index (χ2v) is 12.2. The quantitative estimate of drug-likeness (QED) is 0.0399. The highest BCUT2D eigenvalue weighted by Gasteiger charge is 2.19. The van der Waals surface area contributed by atoms with E-state index in [4.69, 9.17) is 15.6 Å². The van der Waals surface area contributed by atoms with E-state index in [9.17, 15) is 38.4 Å². The first-order chi connectivity index (χ1) is 25.7. The van der Waals surface area contributed by atoms with Crippen molar-refractivity contribution in [2.75, 3.05) is 98.7 Å². The van der Waals surface area contributed by atoms with Gasteiger partial charge in [-0.3, -0.25) is 38.4 Å². The summed E-state index contributed by atoms with van der Waals surface area (Å²) >= 11 is 0. The lowest BCUT2D eigenvalue weighted by Gasteiger charge is -2.24. The third-order valence-electron chi connectivity index (χ3n) is 7.62. The number of rotatable bonds is 29. The van der Waals surface area contributed by atoms with Gasteiger partial charge in [0.05, 0.1) is 41.2 Å². The average Bonchev–Trinajstić information content (AvgIpc) is 3.15. The van der Waals surface area contributed by atoms with Crippen LogP contribution in [0.2, 0.25) is 12.6 Å². The van der Waals surface area contributed by atoms with Crippen LogP contribution in [0.25, 0.3) is 0 Å². The minimum atomic E-state index is -0.436. The molecule has 54 heavy (non-hydrogen) atoms. The Morgan fingerprint density at radius 3 is 1.35 bits per heavy atom. The molecule has 0 aromatic rings. The summed E-state index contributed by atoms with van der Waals surface area (Å²) in [5, 5.41) is 14.0. The second kappa shape index (κ2) is 33.6. The van der Waals surface area contributed by atoms with Gasteiger partial charge in [0.1, 0.15) is 5.78 Å². The molecule has 0 fully saturated rings. The molecule has 301 valence electrons. The summed E-state index contributed by atoms with van der Waals surface area (Å²) in [6.07, 6.45) is 2.74. The standard InChI is InChI=1S/C30H53B3N9O8.C4H10/c1-5-27(47)39(19-23(3)43)15-11-37-25(45)20-40(28(48)6-2)14-10-35-7-8-36-24(44)22-42(30(50)18-33-32)16-12-38-26(46)21-41(13-9-34-4)29(49)17-31;1-3-4-2/h34-35H,5-22H2,1-4H3,(H,36,44)(H,37,45)(H,38,46);3-4H2,1-2H3. The molecule has 0 aromatic heterocycles. The molecule has 0 rings (SSSR count). The van der Waals surface area contributed by atoms with Crippen LogP contribution in [-0.4, -0.2) is 188 Å². The largest absolute Gasteiger partial charge is 0.353 e. The molecule has 7 amide bonds. The number of carbonyl (C=O) groups is 8. The topological polar surface area (TPSA) is 210 Å². The van der Waals surface area contributed by atoms with Gasteiger partial charge in [-0.15, -0.1) is 0 Å². The molecule has 0 heterocycles. The van der Waals surface area contributed by atoms with Crippen LogP contribution in [0, 0.1) is 0 Å². The summed E-state index contributed by atoms with van der Waals surface area (Å²) in [7, 11) is 13.7. The van der Waals surface area contributed by atoms with Crippen LogP contribution < -0.4 is 26.6 Å². The molecule has 17 nitrogen and oxygen atoms in total. The molecule has 0 unspecified atom stereocenters. The number of hydrogen-bond acceptors (Lipinski definition) is 10. The Balaban J connectivity index is 0. The summed E-state index contributed by atoms with van der Waals surface area (Å²) in [4.78, 5) is 103. The number of amides is 7. The van der Waals surface area contributed by atoms with E-state index in [1.54, 1.807) is 20.9 Å². The fraction of sp³-hybridized carbons (Fsp3) is 0.765. The SMILES string of the molecule is CCCC.[B][B]CC(=O)N(CCNC(=O)CN(CCNC)C(=O)C[B])CC(=O)NCCNCCN(CC(=O)NCCN(CC(C)=O)C(=O)CC)C(=O)CC. The fourth-order valence-electron chi connectivity index (χ4n) is 4.47. The van der Waals surface area contributed by atoms with Crippen molar-refractivity contribution in [3.05, 3.63) is 0 Å². The van der Waals surface area contributed by atoms with E-state index in [0.717, 1.165) is 0 Å². The second-order valence-electron chi connectivity index (χ2n) is 12.2. The van der Waals surface area contributed by atoms with Crippen LogP contribution in [0.3, 0.4) is 0 Å².